The molecular formula is C19H17N5O2. The van der Waals surface area contributed by atoms with Crippen LogP contribution < -0.4 is 9.47 Å². The molecule has 0 saturated carbocycles. The van der Waals surface area contributed by atoms with E-state index in [4.69, 9.17) is 9.47 Å². The van der Waals surface area contributed by atoms with Gasteiger partial charge in [0.25, 0.3) is 0 Å². The second kappa shape index (κ2) is 8.44. The number of aromatic nitrogens is 3. The van der Waals surface area contributed by atoms with Crippen LogP contribution in [0.4, 0.5) is 0 Å². The monoisotopic (exact) mass is 347 g/mol. The molecule has 2 aromatic carbocycles. The molecule has 0 saturated heterocycles. The average molecular weight is 347 g/mol. The summed E-state index contributed by atoms with van der Waals surface area (Å²) in [5.74, 6) is 1.23. The molecule has 0 amide bonds. The Morgan fingerprint density at radius 2 is 1.92 bits per heavy atom. The van der Waals surface area contributed by atoms with E-state index >= 15 is 0 Å². The van der Waals surface area contributed by atoms with Crippen molar-refractivity contribution in [2.45, 2.75) is 13.5 Å². The van der Waals surface area contributed by atoms with Gasteiger partial charge in [0.05, 0.1) is 24.5 Å². The summed E-state index contributed by atoms with van der Waals surface area (Å²) in [6, 6.07) is 15.1. The van der Waals surface area contributed by atoms with Crippen molar-refractivity contribution in [3.63, 3.8) is 0 Å². The van der Waals surface area contributed by atoms with Gasteiger partial charge in [0.1, 0.15) is 19.3 Å². The third-order valence-electron chi connectivity index (χ3n) is 3.54. The zero-order valence-corrected chi connectivity index (χ0v) is 14.2. The molecule has 0 aliphatic carbocycles. The van der Waals surface area contributed by atoms with Crippen molar-refractivity contribution in [2.24, 2.45) is 5.10 Å². The van der Waals surface area contributed by atoms with Crippen LogP contribution in [0, 0.1) is 11.3 Å². The molecule has 0 spiro atoms. The van der Waals surface area contributed by atoms with Crippen molar-refractivity contribution in [1.82, 2.24) is 14.9 Å². The van der Waals surface area contributed by atoms with Gasteiger partial charge in [0.2, 0.25) is 0 Å². The molecular weight excluding hydrogens is 330 g/mol. The number of hydrogen-bond acceptors (Lipinski definition) is 6. The van der Waals surface area contributed by atoms with Crippen LogP contribution in [0.25, 0.3) is 0 Å². The molecule has 1 heterocycles. The van der Waals surface area contributed by atoms with Crippen LogP contribution in [-0.4, -0.2) is 27.7 Å². The molecule has 0 aliphatic heterocycles. The fraction of sp³-hybridized carbons (Fsp3) is 0.158. The Balaban J connectivity index is 1.77. The lowest BCUT2D eigenvalue weighted by molar-refractivity contribution is 0.269. The lowest BCUT2D eigenvalue weighted by Gasteiger charge is -2.13. The highest BCUT2D eigenvalue weighted by Crippen LogP contribution is 2.29. The Bertz CT molecular complexity index is 929. The van der Waals surface area contributed by atoms with Crippen LogP contribution in [0.5, 0.6) is 11.5 Å². The van der Waals surface area contributed by atoms with Crippen molar-refractivity contribution in [2.75, 3.05) is 6.61 Å². The first-order chi connectivity index (χ1) is 12.8. The van der Waals surface area contributed by atoms with Gasteiger partial charge in [-0.1, -0.05) is 18.2 Å². The Morgan fingerprint density at radius 1 is 1.12 bits per heavy atom. The van der Waals surface area contributed by atoms with E-state index in [1.807, 2.05) is 43.3 Å². The second-order valence-electron chi connectivity index (χ2n) is 5.28. The van der Waals surface area contributed by atoms with Gasteiger partial charge in [0.15, 0.2) is 11.5 Å². The van der Waals surface area contributed by atoms with E-state index in [0.717, 1.165) is 11.1 Å². The van der Waals surface area contributed by atoms with Gasteiger partial charge in [-0.15, -0.1) is 10.2 Å². The van der Waals surface area contributed by atoms with Crippen LogP contribution in [0.15, 0.2) is 60.2 Å². The highest BCUT2D eigenvalue weighted by atomic mass is 16.5. The molecule has 26 heavy (non-hydrogen) atoms. The molecule has 0 bridgehead atoms. The summed E-state index contributed by atoms with van der Waals surface area (Å²) in [6.45, 7) is 2.71. The van der Waals surface area contributed by atoms with E-state index in [2.05, 4.69) is 21.4 Å². The predicted molar refractivity (Wildman–Crippen MR) is 96.1 cm³/mol. The molecule has 0 unspecified atom stereocenters. The number of nitriles is 1. The molecule has 130 valence electrons. The number of rotatable bonds is 7. The van der Waals surface area contributed by atoms with Gasteiger partial charge in [-0.25, -0.2) is 4.68 Å². The van der Waals surface area contributed by atoms with Crippen LogP contribution in [0.1, 0.15) is 23.6 Å². The minimum atomic E-state index is 0.290. The Labute approximate surface area is 151 Å². The van der Waals surface area contributed by atoms with Gasteiger partial charge in [-0.05, 0) is 36.8 Å². The maximum absolute atomic E-state index is 9.17. The molecule has 0 atom stereocenters. The largest absolute Gasteiger partial charge is 0.490 e. The van der Waals surface area contributed by atoms with Crippen molar-refractivity contribution < 1.29 is 9.47 Å². The maximum atomic E-state index is 9.17. The van der Waals surface area contributed by atoms with E-state index in [1.54, 1.807) is 12.3 Å². The Kier molecular flexibility index (Phi) is 5.58. The molecule has 3 aromatic rings. The first-order valence-electron chi connectivity index (χ1n) is 8.06. The van der Waals surface area contributed by atoms with Gasteiger partial charge in [0, 0.05) is 5.56 Å². The van der Waals surface area contributed by atoms with Crippen molar-refractivity contribution in [1.29, 1.82) is 5.26 Å². The minimum absolute atomic E-state index is 0.290. The topological polar surface area (TPSA) is 85.3 Å². The first-order valence-corrected chi connectivity index (χ1v) is 8.06. The highest BCUT2D eigenvalue weighted by Gasteiger charge is 2.08. The number of ether oxygens (including phenoxy) is 2. The molecule has 0 fully saturated rings. The number of benzene rings is 2. The standard InChI is InChI=1S/C19H17N5O2/c1-2-25-19-9-15(11-23-24-13-21-22-14-24)7-8-18(19)26-12-17-6-4-3-5-16(17)10-20/h3-9,11,13-14H,2,12H2,1H3/b23-11-. The zero-order valence-electron chi connectivity index (χ0n) is 14.2. The van der Waals surface area contributed by atoms with Crippen molar-refractivity contribution >= 4 is 6.21 Å². The van der Waals surface area contributed by atoms with Crippen LogP contribution in [0.2, 0.25) is 0 Å². The van der Waals surface area contributed by atoms with E-state index in [9.17, 15) is 5.26 Å². The van der Waals surface area contributed by atoms with Gasteiger partial charge < -0.3 is 9.47 Å². The van der Waals surface area contributed by atoms with E-state index < -0.39 is 0 Å². The molecule has 3 rings (SSSR count). The maximum Gasteiger partial charge on any atom is 0.161 e. The molecule has 0 aliphatic rings. The average Bonchev–Trinajstić information content (AvgIpc) is 3.20. The van der Waals surface area contributed by atoms with Crippen molar-refractivity contribution in [3.8, 4) is 17.6 Å². The summed E-state index contributed by atoms with van der Waals surface area (Å²) >= 11 is 0. The smallest absolute Gasteiger partial charge is 0.161 e. The third-order valence-corrected chi connectivity index (χ3v) is 3.54. The lowest BCUT2D eigenvalue weighted by atomic mass is 10.1. The summed E-state index contributed by atoms with van der Waals surface area (Å²) in [7, 11) is 0. The second-order valence-corrected chi connectivity index (χ2v) is 5.28. The van der Waals surface area contributed by atoms with Gasteiger partial charge >= 0.3 is 0 Å². The fourth-order valence-electron chi connectivity index (χ4n) is 2.29. The van der Waals surface area contributed by atoms with Gasteiger partial charge in [-0.3, -0.25) is 0 Å². The predicted octanol–water partition coefficient (Wildman–Crippen LogP) is 3.01. The molecule has 7 heteroatoms. The zero-order chi connectivity index (χ0) is 18.2. The summed E-state index contributed by atoms with van der Waals surface area (Å²) < 4.78 is 13.1. The third kappa shape index (κ3) is 4.24. The highest BCUT2D eigenvalue weighted by molar-refractivity contribution is 5.80. The summed E-state index contributed by atoms with van der Waals surface area (Å²) in [5, 5.41) is 20.8. The number of hydrogen-bond donors (Lipinski definition) is 0. The lowest BCUT2D eigenvalue weighted by Crippen LogP contribution is -2.02. The quantitative estimate of drug-likeness (QED) is 0.613. The molecule has 0 N–H and O–H groups in total. The number of nitrogens with zero attached hydrogens (tertiary/aromatic N) is 5. The first kappa shape index (κ1) is 17.2. The van der Waals surface area contributed by atoms with Crippen LogP contribution in [-0.2, 0) is 6.61 Å². The summed E-state index contributed by atoms with van der Waals surface area (Å²) in [6.07, 6.45) is 4.69. The van der Waals surface area contributed by atoms with E-state index in [-0.39, 0.29) is 6.61 Å². The van der Waals surface area contributed by atoms with Gasteiger partial charge in [-0.2, -0.15) is 10.4 Å². The fourth-order valence-corrected chi connectivity index (χ4v) is 2.29. The summed E-state index contributed by atoms with van der Waals surface area (Å²) in [5.41, 5.74) is 2.28. The van der Waals surface area contributed by atoms with Crippen LogP contribution >= 0.6 is 0 Å². The van der Waals surface area contributed by atoms with Crippen LogP contribution in [0.3, 0.4) is 0 Å². The van der Waals surface area contributed by atoms with E-state index in [1.165, 1.54) is 17.3 Å². The molecule has 0 radical (unpaired) electrons. The van der Waals surface area contributed by atoms with Crippen molar-refractivity contribution in [3.05, 3.63) is 71.8 Å². The molecule has 1 aromatic heterocycles. The minimum Gasteiger partial charge on any atom is -0.490 e. The normalized spacial score (nSPS) is 10.6. The Morgan fingerprint density at radius 3 is 2.69 bits per heavy atom. The Hall–Kier alpha value is -3.66. The van der Waals surface area contributed by atoms with E-state index in [0.29, 0.717) is 23.7 Å². The molecule has 7 nitrogen and oxygen atoms in total. The SMILES string of the molecule is CCOc1cc(/C=N\n2cnnc2)ccc1OCc1ccccc1C#N. The summed E-state index contributed by atoms with van der Waals surface area (Å²) in [4.78, 5) is 0.